The van der Waals surface area contributed by atoms with Crippen LogP contribution in [0.2, 0.25) is 0 Å². The first-order chi connectivity index (χ1) is 28.7. The van der Waals surface area contributed by atoms with Gasteiger partial charge in [-0.05, 0) is 83.5 Å². The first-order valence-corrected chi connectivity index (χ1v) is 24.5. The predicted octanol–water partition coefficient (Wildman–Crippen LogP) is 15.8. The maximum atomic E-state index is 12.4. The van der Waals surface area contributed by atoms with E-state index in [9.17, 15) is 15.0 Å². The molecule has 0 bridgehead atoms. The quantitative estimate of drug-likeness (QED) is 0.0425. The standard InChI is InChI=1S/C54H93NO3/c1-3-5-7-9-11-13-14-15-16-17-18-19-20-21-22-23-24-25-26-27-28-29-30-31-32-33-34-35-36-37-38-39-40-42-44-46-48-50-54(58)55-52(51-56)53(57)49-47-45-43-41-12-10-8-6-4-2/h5,7,11-13,15-16,18-19,21-22,24-25,41,47,49,52-53,56-57H,3-4,6,8-10,14,17,20,23,26-40,42-46,48,50-51H2,1-2H3,(H,55,58)/b7-5-,13-11-,16-15-,19-18-,22-21-,25-24-,41-12+,49-47+. The summed E-state index contributed by atoms with van der Waals surface area (Å²) < 4.78 is 0. The third kappa shape index (κ3) is 44.4. The van der Waals surface area contributed by atoms with Gasteiger partial charge in [-0.1, -0.05) is 227 Å². The van der Waals surface area contributed by atoms with Gasteiger partial charge < -0.3 is 15.5 Å². The molecule has 4 heteroatoms. The van der Waals surface area contributed by atoms with E-state index in [2.05, 4.69) is 104 Å². The minimum Gasteiger partial charge on any atom is -0.394 e. The molecule has 332 valence electrons. The molecular weight excluding hydrogens is 711 g/mol. The van der Waals surface area contributed by atoms with Crippen LogP contribution in [0.15, 0.2) is 97.2 Å². The molecule has 0 aliphatic rings. The molecule has 1 amide bonds. The number of amides is 1. The van der Waals surface area contributed by atoms with Crippen LogP contribution in [0.25, 0.3) is 0 Å². The van der Waals surface area contributed by atoms with E-state index in [0.717, 1.165) is 70.6 Å². The van der Waals surface area contributed by atoms with Gasteiger partial charge in [0.2, 0.25) is 5.91 Å². The van der Waals surface area contributed by atoms with Crippen LogP contribution in [0.4, 0.5) is 0 Å². The Labute approximate surface area is 360 Å². The Bertz CT molecular complexity index is 1090. The zero-order valence-electron chi connectivity index (χ0n) is 38.0. The maximum absolute atomic E-state index is 12.4. The fourth-order valence-electron chi connectivity index (χ4n) is 6.84. The van der Waals surface area contributed by atoms with Crippen molar-refractivity contribution in [3.63, 3.8) is 0 Å². The zero-order chi connectivity index (χ0) is 42.1. The highest BCUT2D eigenvalue weighted by Crippen LogP contribution is 2.15. The SMILES string of the molecule is CC/C=C\C/C=C\C/C=C\C/C=C\C/C=C\C/C=C\CCCCCCCCCCCCCCCCCCCCC(=O)NC(CO)C(O)/C=C/CC/C=C/CCCCC. The molecule has 0 aromatic rings. The number of unbranched alkanes of at least 4 members (excludes halogenated alkanes) is 22. The molecule has 0 radical (unpaired) electrons. The zero-order valence-corrected chi connectivity index (χ0v) is 38.0. The lowest BCUT2D eigenvalue weighted by Gasteiger charge is -2.19. The van der Waals surface area contributed by atoms with Crippen LogP contribution in [0.1, 0.15) is 219 Å². The molecule has 0 saturated heterocycles. The summed E-state index contributed by atoms with van der Waals surface area (Å²) in [7, 11) is 0. The molecule has 0 rings (SSSR count). The van der Waals surface area contributed by atoms with Crippen molar-refractivity contribution in [2.45, 2.75) is 231 Å². The Morgan fingerprint density at radius 1 is 0.431 bits per heavy atom. The van der Waals surface area contributed by atoms with Gasteiger partial charge in [-0.3, -0.25) is 4.79 Å². The molecule has 4 nitrogen and oxygen atoms in total. The second-order valence-corrected chi connectivity index (χ2v) is 16.1. The van der Waals surface area contributed by atoms with Gasteiger partial charge in [-0.25, -0.2) is 0 Å². The number of nitrogens with one attached hydrogen (secondary N) is 1. The van der Waals surface area contributed by atoms with E-state index in [1.54, 1.807) is 6.08 Å². The molecule has 0 aromatic heterocycles. The summed E-state index contributed by atoms with van der Waals surface area (Å²) in [5.74, 6) is -0.0788. The number of hydrogen-bond acceptors (Lipinski definition) is 3. The average molecular weight is 804 g/mol. The minimum atomic E-state index is -0.862. The number of rotatable bonds is 43. The molecule has 0 aromatic carbocycles. The Hall–Kier alpha value is -2.69. The smallest absolute Gasteiger partial charge is 0.220 e. The van der Waals surface area contributed by atoms with Crippen molar-refractivity contribution < 1.29 is 15.0 Å². The normalized spacial score (nSPS) is 13.8. The van der Waals surface area contributed by atoms with E-state index < -0.39 is 12.1 Å². The van der Waals surface area contributed by atoms with Crippen molar-refractivity contribution in [3.05, 3.63) is 97.2 Å². The predicted molar refractivity (Wildman–Crippen MR) is 257 cm³/mol. The summed E-state index contributed by atoms with van der Waals surface area (Å²) in [6, 6.07) is -0.640. The number of allylic oxidation sites excluding steroid dienone is 15. The molecule has 0 fully saturated rings. The molecule has 0 saturated carbocycles. The van der Waals surface area contributed by atoms with Crippen LogP contribution < -0.4 is 5.32 Å². The van der Waals surface area contributed by atoms with Crippen LogP contribution >= 0.6 is 0 Å². The van der Waals surface area contributed by atoms with Crippen molar-refractivity contribution in [3.8, 4) is 0 Å². The van der Waals surface area contributed by atoms with E-state index in [0.29, 0.717) is 6.42 Å². The van der Waals surface area contributed by atoms with Crippen molar-refractivity contribution in [2.75, 3.05) is 6.61 Å². The number of carbonyl (C=O) groups is 1. The Morgan fingerprint density at radius 3 is 1.21 bits per heavy atom. The van der Waals surface area contributed by atoms with Gasteiger partial charge in [0.15, 0.2) is 0 Å². The lowest BCUT2D eigenvalue weighted by molar-refractivity contribution is -0.123. The molecule has 3 N–H and O–H groups in total. The summed E-state index contributed by atoms with van der Waals surface area (Å²) >= 11 is 0. The molecule has 0 aliphatic carbocycles. The van der Waals surface area contributed by atoms with Gasteiger partial charge in [0.1, 0.15) is 0 Å². The average Bonchev–Trinajstić information content (AvgIpc) is 3.23. The fraction of sp³-hybridized carbons (Fsp3) is 0.685. The van der Waals surface area contributed by atoms with Crippen molar-refractivity contribution in [1.29, 1.82) is 0 Å². The summed E-state index contributed by atoms with van der Waals surface area (Å²) in [6.07, 6.45) is 72.7. The molecule has 0 aliphatic heterocycles. The monoisotopic (exact) mass is 804 g/mol. The first-order valence-electron chi connectivity index (χ1n) is 24.5. The lowest BCUT2D eigenvalue weighted by Crippen LogP contribution is -2.45. The second-order valence-electron chi connectivity index (χ2n) is 16.1. The summed E-state index contributed by atoms with van der Waals surface area (Å²) in [5, 5.41) is 22.9. The minimum absolute atomic E-state index is 0.0788. The van der Waals surface area contributed by atoms with Gasteiger partial charge >= 0.3 is 0 Å². The molecule has 2 atom stereocenters. The molecular formula is C54H93NO3. The number of aliphatic hydroxyl groups is 2. The maximum Gasteiger partial charge on any atom is 0.220 e. The topological polar surface area (TPSA) is 69.6 Å². The third-order valence-corrected chi connectivity index (χ3v) is 10.6. The molecule has 0 heterocycles. The van der Waals surface area contributed by atoms with E-state index in [1.165, 1.54) is 128 Å². The summed E-state index contributed by atoms with van der Waals surface area (Å²) in [6.45, 7) is 4.12. The van der Waals surface area contributed by atoms with Gasteiger partial charge in [0.05, 0.1) is 18.8 Å². The van der Waals surface area contributed by atoms with Crippen molar-refractivity contribution in [2.24, 2.45) is 0 Å². The summed E-state index contributed by atoms with van der Waals surface area (Å²) in [5.41, 5.74) is 0. The number of aliphatic hydroxyl groups excluding tert-OH is 2. The Balaban J connectivity index is 3.47. The molecule has 2 unspecified atom stereocenters. The first kappa shape index (κ1) is 55.3. The Kier molecular flexibility index (Phi) is 46.4. The van der Waals surface area contributed by atoms with E-state index >= 15 is 0 Å². The van der Waals surface area contributed by atoms with Crippen molar-refractivity contribution >= 4 is 5.91 Å². The van der Waals surface area contributed by atoms with E-state index in [1.807, 2.05) is 6.08 Å². The highest BCUT2D eigenvalue weighted by molar-refractivity contribution is 5.76. The number of carbonyl (C=O) groups excluding carboxylic acids is 1. The molecule has 0 spiro atoms. The lowest BCUT2D eigenvalue weighted by atomic mass is 10.0. The van der Waals surface area contributed by atoms with Crippen LogP contribution in [-0.2, 0) is 4.79 Å². The van der Waals surface area contributed by atoms with Crippen LogP contribution in [0.5, 0.6) is 0 Å². The second kappa shape index (κ2) is 48.7. The van der Waals surface area contributed by atoms with Crippen LogP contribution in [0.3, 0.4) is 0 Å². The van der Waals surface area contributed by atoms with Crippen LogP contribution in [0, 0.1) is 0 Å². The van der Waals surface area contributed by atoms with Gasteiger partial charge in [-0.2, -0.15) is 0 Å². The third-order valence-electron chi connectivity index (χ3n) is 10.6. The summed E-state index contributed by atoms with van der Waals surface area (Å²) in [4.78, 5) is 12.4. The fourth-order valence-corrected chi connectivity index (χ4v) is 6.84. The van der Waals surface area contributed by atoms with E-state index in [-0.39, 0.29) is 12.5 Å². The van der Waals surface area contributed by atoms with Gasteiger partial charge in [-0.15, -0.1) is 0 Å². The Morgan fingerprint density at radius 2 is 0.776 bits per heavy atom. The van der Waals surface area contributed by atoms with Crippen molar-refractivity contribution in [1.82, 2.24) is 5.32 Å². The molecule has 58 heavy (non-hydrogen) atoms. The highest BCUT2D eigenvalue weighted by atomic mass is 16.3. The number of hydrogen-bond donors (Lipinski definition) is 3. The highest BCUT2D eigenvalue weighted by Gasteiger charge is 2.17. The van der Waals surface area contributed by atoms with Gasteiger partial charge in [0, 0.05) is 6.42 Å². The van der Waals surface area contributed by atoms with Crippen LogP contribution in [-0.4, -0.2) is 34.9 Å². The van der Waals surface area contributed by atoms with E-state index in [4.69, 9.17) is 0 Å². The van der Waals surface area contributed by atoms with Gasteiger partial charge in [0.25, 0.3) is 0 Å². The largest absolute Gasteiger partial charge is 0.394 e.